The van der Waals surface area contributed by atoms with Gasteiger partial charge in [-0.1, -0.05) is 42.5 Å². The Morgan fingerprint density at radius 2 is 1.70 bits per heavy atom. The van der Waals surface area contributed by atoms with Gasteiger partial charge in [0.2, 0.25) is 0 Å². The third kappa shape index (κ3) is 2.61. The first-order chi connectivity index (χ1) is 10.9. The van der Waals surface area contributed by atoms with Crippen LogP contribution in [-0.2, 0) is 10.2 Å². The number of nitrogen functional groups attached to an aromatic ring is 1. The second-order valence-corrected chi connectivity index (χ2v) is 6.34. The van der Waals surface area contributed by atoms with Crippen molar-refractivity contribution in [3.05, 3.63) is 54.6 Å². The Morgan fingerprint density at radius 3 is 2.39 bits per heavy atom. The van der Waals surface area contributed by atoms with E-state index in [9.17, 15) is 12.3 Å². The average molecular weight is 331 g/mol. The van der Waals surface area contributed by atoms with Gasteiger partial charge in [-0.3, -0.25) is 0 Å². The summed E-state index contributed by atoms with van der Waals surface area (Å²) in [6.07, 6.45) is 0. The van der Waals surface area contributed by atoms with Gasteiger partial charge in [0.1, 0.15) is 4.90 Å². The van der Waals surface area contributed by atoms with Crippen molar-refractivity contribution in [2.45, 2.75) is 4.90 Å². The van der Waals surface area contributed by atoms with Crippen LogP contribution in [0, 0.1) is 0 Å². The molecule has 0 fully saturated rings. The van der Waals surface area contributed by atoms with Gasteiger partial charge in [-0.15, -0.1) is 3.89 Å². The van der Waals surface area contributed by atoms with Gasteiger partial charge in [0, 0.05) is 5.56 Å². The lowest BCUT2D eigenvalue weighted by atomic mass is 9.97. The van der Waals surface area contributed by atoms with Gasteiger partial charge >= 0.3 is 10.2 Å². The minimum absolute atomic E-state index is 0.131. The fourth-order valence-electron chi connectivity index (χ4n) is 2.70. The molecule has 0 aliphatic rings. The summed E-state index contributed by atoms with van der Waals surface area (Å²) in [5.74, 6) is 0.139. The molecule has 0 amide bonds. The van der Waals surface area contributed by atoms with E-state index in [0.717, 1.165) is 16.8 Å². The maximum absolute atomic E-state index is 13.8. The van der Waals surface area contributed by atoms with E-state index < -0.39 is 15.1 Å². The van der Waals surface area contributed by atoms with Crippen molar-refractivity contribution in [3.63, 3.8) is 0 Å². The highest BCUT2D eigenvalue weighted by Gasteiger charge is 2.24. The van der Waals surface area contributed by atoms with Crippen LogP contribution in [-0.4, -0.2) is 15.5 Å². The number of fused-ring (bicyclic) bond motifs is 1. The molecular formula is C17H14FNO3S. The molecule has 0 radical (unpaired) electrons. The number of benzene rings is 3. The summed E-state index contributed by atoms with van der Waals surface area (Å²) in [6, 6.07) is 15.3. The van der Waals surface area contributed by atoms with Crippen LogP contribution in [0.4, 0.5) is 9.57 Å². The Balaban J connectivity index is 2.49. The molecule has 0 saturated heterocycles. The zero-order chi connectivity index (χ0) is 16.6. The fraction of sp³-hybridized carbons (Fsp3) is 0.0588. The Hall–Kier alpha value is -2.60. The van der Waals surface area contributed by atoms with Crippen LogP contribution >= 0.6 is 0 Å². The highest BCUT2D eigenvalue weighted by atomic mass is 32.3. The first kappa shape index (κ1) is 15.3. The second-order valence-electron chi connectivity index (χ2n) is 5.03. The lowest BCUT2D eigenvalue weighted by Gasteiger charge is -2.16. The molecule has 0 spiro atoms. The predicted molar refractivity (Wildman–Crippen MR) is 88.6 cm³/mol. The number of hydrogen-bond acceptors (Lipinski definition) is 4. The molecule has 0 unspecified atom stereocenters. The van der Waals surface area contributed by atoms with E-state index in [2.05, 4.69) is 0 Å². The molecule has 2 N–H and O–H groups in total. The molecule has 0 aliphatic heterocycles. The number of halogens is 1. The summed E-state index contributed by atoms with van der Waals surface area (Å²) in [7, 11) is -3.57. The van der Waals surface area contributed by atoms with E-state index >= 15 is 0 Å². The van der Waals surface area contributed by atoms with Gasteiger partial charge in [0.15, 0.2) is 5.75 Å². The Bertz CT molecular complexity index is 995. The van der Waals surface area contributed by atoms with Gasteiger partial charge in [-0.05, 0) is 28.5 Å². The normalized spacial score (nSPS) is 11.6. The maximum Gasteiger partial charge on any atom is 0.332 e. The van der Waals surface area contributed by atoms with Gasteiger partial charge < -0.3 is 10.5 Å². The molecule has 0 aliphatic carbocycles. The molecule has 0 heterocycles. The van der Waals surface area contributed by atoms with Crippen molar-refractivity contribution in [1.82, 2.24) is 0 Å². The predicted octanol–water partition coefficient (Wildman–Crippen LogP) is 3.76. The van der Waals surface area contributed by atoms with Crippen molar-refractivity contribution in [3.8, 4) is 16.9 Å². The van der Waals surface area contributed by atoms with Gasteiger partial charge in [0.25, 0.3) is 0 Å². The number of methoxy groups -OCH3 is 1. The van der Waals surface area contributed by atoms with Gasteiger partial charge in [-0.2, -0.15) is 8.42 Å². The van der Waals surface area contributed by atoms with E-state index in [1.807, 2.05) is 30.3 Å². The number of nitrogens with two attached hydrogens (primary N) is 1. The standard InChI is InChI=1S/C17H14FNO3S/c1-22-17-14(19)9-10-15(23(18,20)21)16(17)13-8-4-6-11-5-2-3-7-12(11)13/h2-10H,19H2,1H3. The molecule has 3 aromatic carbocycles. The van der Waals surface area contributed by atoms with Crippen molar-refractivity contribution in [1.29, 1.82) is 0 Å². The van der Waals surface area contributed by atoms with Crippen LogP contribution in [0.1, 0.15) is 0 Å². The molecule has 23 heavy (non-hydrogen) atoms. The molecule has 3 rings (SSSR count). The van der Waals surface area contributed by atoms with E-state index in [4.69, 9.17) is 10.5 Å². The maximum atomic E-state index is 13.8. The Labute approximate surface area is 133 Å². The third-order valence-electron chi connectivity index (χ3n) is 3.68. The average Bonchev–Trinajstić information content (AvgIpc) is 2.53. The topological polar surface area (TPSA) is 69.4 Å². The number of hydrogen-bond donors (Lipinski definition) is 1. The summed E-state index contributed by atoms with van der Waals surface area (Å²) in [6.45, 7) is 0. The summed E-state index contributed by atoms with van der Waals surface area (Å²) in [5.41, 5.74) is 6.80. The quantitative estimate of drug-likeness (QED) is 0.586. The SMILES string of the molecule is COc1c(N)ccc(S(=O)(=O)F)c1-c1cccc2ccccc12. The van der Waals surface area contributed by atoms with E-state index in [1.165, 1.54) is 13.2 Å². The number of ether oxygens (including phenoxy) is 1. The summed E-state index contributed by atoms with van der Waals surface area (Å²) < 4.78 is 42.2. The molecule has 0 bridgehead atoms. The Morgan fingerprint density at radius 1 is 1.00 bits per heavy atom. The van der Waals surface area contributed by atoms with E-state index in [0.29, 0.717) is 5.56 Å². The molecule has 118 valence electrons. The zero-order valence-corrected chi connectivity index (χ0v) is 13.1. The van der Waals surface area contributed by atoms with Crippen molar-refractivity contribution in [2.75, 3.05) is 12.8 Å². The number of rotatable bonds is 3. The fourth-order valence-corrected chi connectivity index (χ4v) is 3.38. The minimum atomic E-state index is -4.94. The molecule has 0 aromatic heterocycles. The first-order valence-corrected chi connectivity index (χ1v) is 8.21. The smallest absolute Gasteiger partial charge is 0.332 e. The van der Waals surface area contributed by atoms with Gasteiger partial charge in [-0.25, -0.2) is 0 Å². The molecule has 4 nitrogen and oxygen atoms in total. The highest BCUT2D eigenvalue weighted by molar-refractivity contribution is 7.86. The third-order valence-corrected chi connectivity index (χ3v) is 4.54. The molecule has 6 heteroatoms. The minimum Gasteiger partial charge on any atom is -0.494 e. The van der Waals surface area contributed by atoms with Crippen LogP contribution in [0.3, 0.4) is 0 Å². The van der Waals surface area contributed by atoms with Crippen LogP contribution < -0.4 is 10.5 Å². The highest BCUT2D eigenvalue weighted by Crippen LogP contribution is 2.43. The second kappa shape index (κ2) is 5.55. The van der Waals surface area contributed by atoms with Crippen molar-refractivity contribution < 1.29 is 17.0 Å². The van der Waals surface area contributed by atoms with Gasteiger partial charge in [0.05, 0.1) is 12.8 Å². The van der Waals surface area contributed by atoms with E-state index in [1.54, 1.807) is 12.1 Å². The molecule has 0 saturated carbocycles. The monoisotopic (exact) mass is 331 g/mol. The summed E-state index contributed by atoms with van der Waals surface area (Å²) in [4.78, 5) is -0.458. The van der Waals surface area contributed by atoms with Crippen LogP contribution in [0.25, 0.3) is 21.9 Å². The molecular weight excluding hydrogens is 317 g/mol. The largest absolute Gasteiger partial charge is 0.494 e. The summed E-state index contributed by atoms with van der Waals surface area (Å²) >= 11 is 0. The zero-order valence-electron chi connectivity index (χ0n) is 12.3. The van der Waals surface area contributed by atoms with Crippen molar-refractivity contribution in [2.24, 2.45) is 0 Å². The van der Waals surface area contributed by atoms with Crippen molar-refractivity contribution >= 4 is 26.7 Å². The molecule has 0 atom stereocenters. The Kier molecular flexibility index (Phi) is 3.69. The van der Waals surface area contributed by atoms with Crippen LogP contribution in [0.5, 0.6) is 5.75 Å². The lowest BCUT2D eigenvalue weighted by molar-refractivity contribution is 0.417. The van der Waals surface area contributed by atoms with Crippen LogP contribution in [0.15, 0.2) is 59.5 Å². The molecule has 3 aromatic rings. The van der Waals surface area contributed by atoms with E-state index in [-0.39, 0.29) is 17.0 Å². The number of anilines is 1. The summed E-state index contributed by atoms with van der Waals surface area (Å²) in [5, 5.41) is 1.68. The lowest BCUT2D eigenvalue weighted by Crippen LogP contribution is -2.02. The first-order valence-electron chi connectivity index (χ1n) is 6.82. The van der Waals surface area contributed by atoms with Crippen LogP contribution in [0.2, 0.25) is 0 Å².